The van der Waals surface area contributed by atoms with Crippen molar-refractivity contribution in [1.82, 2.24) is 24.4 Å². The minimum absolute atomic E-state index is 0.00374. The lowest BCUT2D eigenvalue weighted by Gasteiger charge is -2.28. The summed E-state index contributed by atoms with van der Waals surface area (Å²) < 4.78 is 1.89. The first-order valence-corrected chi connectivity index (χ1v) is 11.8. The molecule has 0 bridgehead atoms. The second-order valence-electron chi connectivity index (χ2n) is 9.78. The molecule has 4 rings (SSSR count). The van der Waals surface area contributed by atoms with Gasteiger partial charge in [0.25, 0.3) is 0 Å². The van der Waals surface area contributed by atoms with Gasteiger partial charge in [-0.2, -0.15) is 4.98 Å². The summed E-state index contributed by atoms with van der Waals surface area (Å²) in [6.07, 6.45) is -0.00374. The minimum Gasteiger partial charge on any atom is -0.343 e. The van der Waals surface area contributed by atoms with Gasteiger partial charge in [-0.15, -0.1) is 5.92 Å². The van der Waals surface area contributed by atoms with Crippen LogP contribution in [-0.4, -0.2) is 62.5 Å². The zero-order valence-corrected chi connectivity index (χ0v) is 21.7. The maximum absolute atomic E-state index is 13.5. The van der Waals surface area contributed by atoms with E-state index in [2.05, 4.69) is 21.8 Å². The van der Waals surface area contributed by atoms with E-state index in [1.54, 1.807) is 14.0 Å². The van der Waals surface area contributed by atoms with Gasteiger partial charge in [0.15, 0.2) is 5.82 Å². The highest BCUT2D eigenvalue weighted by Gasteiger charge is 2.36. The van der Waals surface area contributed by atoms with E-state index in [1.165, 1.54) is 9.80 Å². The molecule has 1 aliphatic heterocycles. The van der Waals surface area contributed by atoms with Crippen molar-refractivity contribution in [3.05, 3.63) is 41.5 Å². The fraction of sp³-hybridized carbons (Fsp3) is 0.423. The smallest absolute Gasteiger partial charge is 0.332 e. The lowest BCUT2D eigenvalue weighted by molar-refractivity contribution is -0.127. The Labute approximate surface area is 211 Å². The molecule has 1 aromatic carbocycles. The number of para-hydroxylation sites is 1. The highest BCUT2D eigenvalue weighted by atomic mass is 16.2. The summed E-state index contributed by atoms with van der Waals surface area (Å²) in [5.41, 5.74) is 7.97. The van der Waals surface area contributed by atoms with Gasteiger partial charge in [0.1, 0.15) is 5.82 Å². The van der Waals surface area contributed by atoms with Gasteiger partial charge < -0.3 is 15.2 Å². The molecule has 188 valence electrons. The Bertz CT molecular complexity index is 1390. The molecular weight excluding hydrogens is 456 g/mol. The molecule has 0 radical (unpaired) electrons. The quantitative estimate of drug-likeness (QED) is 0.530. The second kappa shape index (κ2) is 9.59. The predicted octanol–water partition coefficient (Wildman–Crippen LogP) is 2.47. The molecule has 10 heteroatoms. The molecule has 10 nitrogen and oxygen atoms in total. The van der Waals surface area contributed by atoms with Gasteiger partial charge in [0.2, 0.25) is 11.9 Å². The maximum atomic E-state index is 13.5. The van der Waals surface area contributed by atoms with Crippen molar-refractivity contribution in [2.24, 2.45) is 5.73 Å². The monoisotopic (exact) mass is 488 g/mol. The van der Waals surface area contributed by atoms with Gasteiger partial charge in [-0.1, -0.05) is 24.1 Å². The Morgan fingerprint density at radius 2 is 1.89 bits per heavy atom. The number of aromatic nitrogens is 4. The molecule has 3 aromatic rings. The van der Waals surface area contributed by atoms with Crippen LogP contribution in [-0.2, 0) is 24.3 Å². The van der Waals surface area contributed by atoms with Gasteiger partial charge in [-0.3, -0.25) is 14.6 Å². The van der Waals surface area contributed by atoms with E-state index >= 15 is 0 Å². The first kappa shape index (κ1) is 25.1. The molecule has 2 N–H and O–H groups in total. The van der Waals surface area contributed by atoms with E-state index in [-0.39, 0.29) is 18.9 Å². The van der Waals surface area contributed by atoms with Gasteiger partial charge in [0, 0.05) is 37.3 Å². The number of likely N-dealkylation sites (N-methyl/N-ethyl adjacent to an activating group) is 1. The molecule has 0 unspecified atom stereocenters. The molecule has 36 heavy (non-hydrogen) atoms. The third-order valence-corrected chi connectivity index (χ3v) is 6.03. The second-order valence-corrected chi connectivity index (χ2v) is 9.78. The number of urea groups is 1. The van der Waals surface area contributed by atoms with Crippen LogP contribution in [0.2, 0.25) is 0 Å². The van der Waals surface area contributed by atoms with E-state index in [0.29, 0.717) is 36.4 Å². The van der Waals surface area contributed by atoms with Crippen LogP contribution in [0.1, 0.15) is 38.0 Å². The van der Waals surface area contributed by atoms with Crippen LogP contribution in [0.5, 0.6) is 0 Å². The van der Waals surface area contributed by atoms with Crippen LogP contribution < -0.4 is 15.5 Å². The number of carbonyl (C=O) groups is 2. The van der Waals surface area contributed by atoms with Gasteiger partial charge in [-0.05, 0) is 33.8 Å². The zero-order valence-electron chi connectivity index (χ0n) is 21.7. The molecule has 0 aliphatic carbocycles. The Morgan fingerprint density at radius 3 is 2.58 bits per heavy atom. The van der Waals surface area contributed by atoms with Gasteiger partial charge >= 0.3 is 6.03 Å². The van der Waals surface area contributed by atoms with Gasteiger partial charge in [0.05, 0.1) is 30.7 Å². The van der Waals surface area contributed by atoms with E-state index in [0.717, 1.165) is 16.6 Å². The molecule has 0 spiro atoms. The summed E-state index contributed by atoms with van der Waals surface area (Å²) in [7, 11) is 3.51. The average Bonchev–Trinajstić information content (AvgIpc) is 3.13. The van der Waals surface area contributed by atoms with Crippen LogP contribution in [0, 0.1) is 18.8 Å². The van der Waals surface area contributed by atoms with Crippen LogP contribution in [0.15, 0.2) is 24.3 Å². The zero-order chi connectivity index (χ0) is 26.2. The SMILES string of the molecule is CC#CCn1c(N(C)CC(C)(C)N)nc2c1CC(=O)N(Cc1nc(C)c3ccccc3n1)C(=O)N2C. The molecule has 1 aliphatic rings. The largest absolute Gasteiger partial charge is 0.343 e. The molecular formula is C26H32N8O2. The van der Waals surface area contributed by atoms with E-state index in [9.17, 15) is 9.59 Å². The van der Waals surface area contributed by atoms with Crippen molar-refractivity contribution in [2.75, 3.05) is 30.4 Å². The maximum Gasteiger partial charge on any atom is 0.332 e. The summed E-state index contributed by atoms with van der Waals surface area (Å²) in [6.45, 7) is 8.35. The predicted molar refractivity (Wildman–Crippen MR) is 140 cm³/mol. The number of aryl methyl sites for hydroxylation is 1. The Kier molecular flexibility index (Phi) is 6.69. The number of nitrogens with two attached hydrogens (primary N) is 1. The molecule has 2 aromatic heterocycles. The number of imidazole rings is 1. The molecule has 0 atom stereocenters. The first-order chi connectivity index (χ1) is 17.0. The van der Waals surface area contributed by atoms with Gasteiger partial charge in [-0.25, -0.2) is 14.8 Å². The number of rotatable bonds is 6. The van der Waals surface area contributed by atoms with E-state index in [4.69, 9.17) is 10.7 Å². The van der Waals surface area contributed by atoms with Crippen molar-refractivity contribution in [2.45, 2.75) is 52.7 Å². The third-order valence-electron chi connectivity index (χ3n) is 6.03. The standard InChI is InChI=1S/C26H32N8O2/c1-7-8-13-33-20-14-22(35)34(15-21-28-17(2)18-11-9-10-12-19(18)29-21)25(36)32(6)23(20)30-24(33)31(5)16-26(3,4)27/h9-12H,13-16,27H2,1-6H3. The fourth-order valence-corrected chi connectivity index (χ4v) is 4.48. The fourth-order valence-electron chi connectivity index (χ4n) is 4.48. The number of benzene rings is 1. The number of imide groups is 1. The molecule has 0 saturated heterocycles. The lowest BCUT2D eigenvalue weighted by Crippen LogP contribution is -2.45. The average molecular weight is 489 g/mol. The van der Waals surface area contributed by atoms with Crippen molar-refractivity contribution < 1.29 is 9.59 Å². The molecule has 0 fully saturated rings. The number of hydrogen-bond donors (Lipinski definition) is 1. The van der Waals surface area contributed by atoms with Crippen molar-refractivity contribution in [3.8, 4) is 11.8 Å². The van der Waals surface area contributed by atoms with Crippen molar-refractivity contribution >= 4 is 34.6 Å². The Hall–Kier alpha value is -3.97. The molecule has 3 amide bonds. The van der Waals surface area contributed by atoms with E-state index in [1.807, 2.05) is 61.6 Å². The number of carbonyl (C=O) groups excluding carboxylic acids is 2. The summed E-state index contributed by atoms with van der Waals surface area (Å²) in [5.74, 6) is 7.06. The molecule has 0 saturated carbocycles. The van der Waals surface area contributed by atoms with Crippen molar-refractivity contribution in [1.29, 1.82) is 0 Å². The highest BCUT2D eigenvalue weighted by molar-refractivity contribution is 6.05. The first-order valence-electron chi connectivity index (χ1n) is 11.8. The Morgan fingerprint density at radius 1 is 1.17 bits per heavy atom. The summed E-state index contributed by atoms with van der Waals surface area (Å²) in [4.78, 5) is 45.3. The number of amides is 3. The van der Waals surface area contributed by atoms with Crippen LogP contribution >= 0.6 is 0 Å². The summed E-state index contributed by atoms with van der Waals surface area (Å²) in [6, 6.07) is 7.19. The Balaban J connectivity index is 1.70. The topological polar surface area (TPSA) is 113 Å². The molecule has 3 heterocycles. The minimum atomic E-state index is -0.479. The number of fused-ring (bicyclic) bond motifs is 2. The van der Waals surface area contributed by atoms with Crippen LogP contribution in [0.4, 0.5) is 16.6 Å². The van der Waals surface area contributed by atoms with E-state index < -0.39 is 11.6 Å². The van der Waals surface area contributed by atoms with Crippen LogP contribution in [0.3, 0.4) is 0 Å². The van der Waals surface area contributed by atoms with Crippen LogP contribution in [0.25, 0.3) is 10.9 Å². The normalized spacial score (nSPS) is 14.0. The number of anilines is 2. The third kappa shape index (κ3) is 4.88. The number of nitrogens with zero attached hydrogens (tertiary/aromatic N) is 7. The number of hydrogen-bond acceptors (Lipinski definition) is 7. The lowest BCUT2D eigenvalue weighted by atomic mass is 10.1. The highest BCUT2D eigenvalue weighted by Crippen LogP contribution is 2.31. The summed E-state index contributed by atoms with van der Waals surface area (Å²) >= 11 is 0. The van der Waals surface area contributed by atoms with Crippen molar-refractivity contribution in [3.63, 3.8) is 0 Å². The summed E-state index contributed by atoms with van der Waals surface area (Å²) in [5, 5.41) is 0.937.